The molecule has 3 nitrogen and oxygen atoms in total. The molecule has 0 atom stereocenters. The van der Waals surface area contributed by atoms with Gasteiger partial charge in [0.25, 0.3) is 5.91 Å². The van der Waals surface area contributed by atoms with Crippen LogP contribution in [-0.2, 0) is 0 Å². The topological polar surface area (TPSA) is 42.2 Å². The largest absolute Gasteiger partial charge is 0.469 e. The number of nitrogens with one attached hydrogen (secondary N) is 1. The minimum Gasteiger partial charge on any atom is -0.469 e. The van der Waals surface area contributed by atoms with Gasteiger partial charge in [0.2, 0.25) is 0 Å². The second-order valence-corrected chi connectivity index (χ2v) is 4.85. The highest BCUT2D eigenvalue weighted by molar-refractivity contribution is 9.10. The quantitative estimate of drug-likeness (QED) is 0.900. The summed E-state index contributed by atoms with van der Waals surface area (Å²) in [6.07, 6.45) is 1.41. The van der Waals surface area contributed by atoms with Crippen LogP contribution in [0, 0.1) is 6.92 Å². The van der Waals surface area contributed by atoms with Crippen molar-refractivity contribution in [3.05, 3.63) is 51.3 Å². The first kappa shape index (κ1) is 12.2. The normalized spacial score (nSPS) is 10.3. The van der Waals surface area contributed by atoms with Crippen LogP contribution >= 0.6 is 27.5 Å². The van der Waals surface area contributed by atoms with Crippen LogP contribution in [0.15, 0.2) is 39.4 Å². The maximum absolute atomic E-state index is 11.8. The Balaban J connectivity index is 2.21. The molecule has 0 saturated carbocycles. The van der Waals surface area contributed by atoms with Crippen LogP contribution in [0.3, 0.4) is 0 Å². The van der Waals surface area contributed by atoms with Gasteiger partial charge in [-0.05, 0) is 31.2 Å². The Morgan fingerprint density at radius 3 is 2.82 bits per heavy atom. The minimum atomic E-state index is -0.248. The Kier molecular flexibility index (Phi) is 3.54. The van der Waals surface area contributed by atoms with E-state index in [1.165, 1.54) is 6.26 Å². The molecule has 1 aromatic heterocycles. The molecule has 0 fully saturated rings. The average Bonchev–Trinajstić information content (AvgIpc) is 2.70. The molecule has 1 aromatic carbocycles. The summed E-state index contributed by atoms with van der Waals surface area (Å²) in [5.41, 5.74) is 1.03. The third kappa shape index (κ3) is 2.90. The predicted octanol–water partition coefficient (Wildman–Crippen LogP) is 4.26. The summed E-state index contributed by atoms with van der Waals surface area (Å²) in [5.74, 6) is 0.442. The van der Waals surface area contributed by atoms with Crippen molar-refractivity contribution >= 4 is 39.1 Å². The zero-order valence-electron chi connectivity index (χ0n) is 8.96. The van der Waals surface area contributed by atoms with E-state index in [0.29, 0.717) is 22.0 Å². The number of anilines is 1. The summed E-state index contributed by atoms with van der Waals surface area (Å²) >= 11 is 9.29. The Morgan fingerprint density at radius 1 is 1.41 bits per heavy atom. The molecule has 0 aliphatic heterocycles. The maximum atomic E-state index is 11.8. The van der Waals surface area contributed by atoms with Crippen LogP contribution < -0.4 is 5.32 Å². The van der Waals surface area contributed by atoms with E-state index in [0.717, 1.165) is 4.47 Å². The van der Waals surface area contributed by atoms with E-state index in [1.807, 2.05) is 0 Å². The molecule has 2 aromatic rings. The first-order valence-corrected chi connectivity index (χ1v) is 6.05. The zero-order valence-corrected chi connectivity index (χ0v) is 11.3. The first-order chi connectivity index (χ1) is 8.06. The number of halogens is 2. The van der Waals surface area contributed by atoms with E-state index in [1.54, 1.807) is 31.2 Å². The lowest BCUT2D eigenvalue weighted by molar-refractivity contribution is 0.102. The van der Waals surface area contributed by atoms with Crippen molar-refractivity contribution in [2.24, 2.45) is 0 Å². The molecule has 0 bridgehead atoms. The van der Waals surface area contributed by atoms with E-state index in [2.05, 4.69) is 21.2 Å². The summed E-state index contributed by atoms with van der Waals surface area (Å²) < 4.78 is 5.92. The van der Waals surface area contributed by atoms with Crippen LogP contribution in [0.2, 0.25) is 5.02 Å². The highest BCUT2D eigenvalue weighted by atomic mass is 79.9. The molecule has 0 unspecified atom stereocenters. The highest BCUT2D eigenvalue weighted by Crippen LogP contribution is 2.26. The summed E-state index contributed by atoms with van der Waals surface area (Å²) in [6.45, 7) is 1.78. The summed E-state index contributed by atoms with van der Waals surface area (Å²) in [5, 5.41) is 3.21. The number of carbonyl (C=O) groups excluding carboxylic acids is 1. The smallest absolute Gasteiger partial charge is 0.258 e. The van der Waals surface area contributed by atoms with Crippen molar-refractivity contribution in [2.75, 3.05) is 5.32 Å². The van der Waals surface area contributed by atoms with Gasteiger partial charge in [-0.2, -0.15) is 0 Å². The average molecular weight is 315 g/mol. The van der Waals surface area contributed by atoms with E-state index in [4.69, 9.17) is 16.0 Å². The Hall–Kier alpha value is -1.26. The number of carbonyl (C=O) groups is 1. The fourth-order valence-corrected chi connectivity index (χ4v) is 1.88. The van der Waals surface area contributed by atoms with Gasteiger partial charge in [0.15, 0.2) is 0 Å². The van der Waals surface area contributed by atoms with Crippen LogP contribution in [0.25, 0.3) is 0 Å². The third-order valence-electron chi connectivity index (χ3n) is 2.17. The predicted molar refractivity (Wildman–Crippen MR) is 70.6 cm³/mol. The lowest BCUT2D eigenvalue weighted by Crippen LogP contribution is -2.11. The standard InChI is InChI=1S/C12H9BrClNO2/c1-7-4-8(6-17-7)12(16)15-11-5-9(13)2-3-10(11)14/h2-6H,1H3,(H,15,16). The van der Waals surface area contributed by atoms with Crippen molar-refractivity contribution < 1.29 is 9.21 Å². The van der Waals surface area contributed by atoms with Crippen LogP contribution in [0.4, 0.5) is 5.69 Å². The molecule has 0 spiro atoms. The fourth-order valence-electron chi connectivity index (χ4n) is 1.35. The number of rotatable bonds is 2. The molecule has 0 aliphatic carbocycles. The van der Waals surface area contributed by atoms with E-state index >= 15 is 0 Å². The SMILES string of the molecule is Cc1cc(C(=O)Nc2cc(Br)ccc2Cl)co1. The molecule has 1 N–H and O–H groups in total. The Morgan fingerprint density at radius 2 is 2.18 bits per heavy atom. The number of aryl methyl sites for hydroxylation is 1. The van der Waals surface area contributed by atoms with Crippen molar-refractivity contribution in [3.8, 4) is 0 Å². The number of furan rings is 1. The van der Waals surface area contributed by atoms with Crippen molar-refractivity contribution in [1.29, 1.82) is 0 Å². The summed E-state index contributed by atoms with van der Waals surface area (Å²) in [7, 11) is 0. The first-order valence-electron chi connectivity index (χ1n) is 4.88. The number of amides is 1. The van der Waals surface area contributed by atoms with E-state index in [9.17, 15) is 4.79 Å². The van der Waals surface area contributed by atoms with Gasteiger partial charge in [-0.1, -0.05) is 27.5 Å². The minimum absolute atomic E-state index is 0.248. The number of hydrogen-bond donors (Lipinski definition) is 1. The van der Waals surface area contributed by atoms with Gasteiger partial charge < -0.3 is 9.73 Å². The Bertz CT molecular complexity index is 565. The van der Waals surface area contributed by atoms with Gasteiger partial charge in [-0.3, -0.25) is 4.79 Å². The van der Waals surface area contributed by atoms with Crippen molar-refractivity contribution in [3.63, 3.8) is 0 Å². The van der Waals surface area contributed by atoms with Gasteiger partial charge in [-0.15, -0.1) is 0 Å². The van der Waals surface area contributed by atoms with Gasteiger partial charge in [-0.25, -0.2) is 0 Å². The van der Waals surface area contributed by atoms with E-state index in [-0.39, 0.29) is 5.91 Å². The van der Waals surface area contributed by atoms with Crippen LogP contribution in [-0.4, -0.2) is 5.91 Å². The summed E-state index contributed by atoms with van der Waals surface area (Å²) in [6, 6.07) is 6.93. The lowest BCUT2D eigenvalue weighted by atomic mass is 10.2. The third-order valence-corrected chi connectivity index (χ3v) is 2.99. The molecular formula is C12H9BrClNO2. The molecule has 0 radical (unpaired) electrons. The Labute approximate surface area is 112 Å². The van der Waals surface area contributed by atoms with Crippen LogP contribution in [0.5, 0.6) is 0 Å². The molecule has 1 heterocycles. The number of benzene rings is 1. The van der Waals surface area contributed by atoms with E-state index < -0.39 is 0 Å². The molecule has 0 saturated heterocycles. The van der Waals surface area contributed by atoms with Crippen LogP contribution in [0.1, 0.15) is 16.1 Å². The van der Waals surface area contributed by atoms with Gasteiger partial charge in [0, 0.05) is 4.47 Å². The van der Waals surface area contributed by atoms with Crippen molar-refractivity contribution in [1.82, 2.24) is 0 Å². The van der Waals surface area contributed by atoms with Gasteiger partial charge >= 0.3 is 0 Å². The molecule has 2 rings (SSSR count). The summed E-state index contributed by atoms with van der Waals surface area (Å²) in [4.78, 5) is 11.8. The fraction of sp³-hybridized carbons (Fsp3) is 0.0833. The van der Waals surface area contributed by atoms with Gasteiger partial charge in [0.1, 0.15) is 12.0 Å². The molecule has 0 aliphatic rings. The van der Waals surface area contributed by atoms with Gasteiger partial charge in [0.05, 0.1) is 16.3 Å². The van der Waals surface area contributed by atoms with Crippen molar-refractivity contribution in [2.45, 2.75) is 6.92 Å². The lowest BCUT2D eigenvalue weighted by Gasteiger charge is -2.06. The monoisotopic (exact) mass is 313 g/mol. The number of hydrogen-bond acceptors (Lipinski definition) is 2. The molecule has 88 valence electrons. The molecule has 17 heavy (non-hydrogen) atoms. The second-order valence-electron chi connectivity index (χ2n) is 3.52. The zero-order chi connectivity index (χ0) is 12.4. The second kappa shape index (κ2) is 4.94. The maximum Gasteiger partial charge on any atom is 0.258 e. The molecule has 5 heteroatoms. The highest BCUT2D eigenvalue weighted by Gasteiger charge is 2.10. The molecule has 1 amide bonds. The molecular weight excluding hydrogens is 305 g/mol.